The van der Waals surface area contributed by atoms with Gasteiger partial charge in [-0.2, -0.15) is 5.10 Å². The van der Waals surface area contributed by atoms with Crippen LogP contribution in [0.15, 0.2) is 39.9 Å². The van der Waals surface area contributed by atoms with Crippen molar-refractivity contribution in [3.8, 4) is 0 Å². The normalized spacial score (nSPS) is 10.3. The van der Waals surface area contributed by atoms with Crippen molar-refractivity contribution < 1.29 is 0 Å². The topological polar surface area (TPSA) is 73.8 Å². The fourth-order valence-corrected chi connectivity index (χ4v) is 1.71. The Morgan fingerprint density at radius 3 is 2.94 bits per heavy atom. The molecule has 2 rings (SSSR count). The number of nitrogen functional groups attached to an aromatic ring is 1. The average molecular weight is 281 g/mol. The largest absolute Gasteiger partial charge is 0.382 e. The van der Waals surface area contributed by atoms with Gasteiger partial charge in [-0.1, -0.05) is 0 Å². The van der Waals surface area contributed by atoms with Crippen LogP contribution >= 0.6 is 15.9 Å². The van der Waals surface area contributed by atoms with Gasteiger partial charge in [-0.25, -0.2) is 4.68 Å². The van der Waals surface area contributed by atoms with Crippen LogP contribution in [-0.2, 0) is 6.54 Å². The lowest BCUT2D eigenvalue weighted by Crippen LogP contribution is -2.23. The first kappa shape index (κ1) is 10.8. The molecule has 0 saturated heterocycles. The molecule has 0 saturated carbocycles. The van der Waals surface area contributed by atoms with E-state index in [1.807, 2.05) is 6.07 Å². The first-order valence-electron chi connectivity index (χ1n) is 4.58. The predicted octanol–water partition coefficient (Wildman–Crippen LogP) is 1.03. The molecule has 0 radical (unpaired) electrons. The van der Waals surface area contributed by atoms with Crippen molar-refractivity contribution in [3.63, 3.8) is 0 Å². The Labute approximate surface area is 100 Å². The maximum absolute atomic E-state index is 11.5. The second-order valence-electron chi connectivity index (χ2n) is 3.27. The fraction of sp³-hybridized carbons (Fsp3) is 0.100. The van der Waals surface area contributed by atoms with Crippen LogP contribution in [0.5, 0.6) is 0 Å². The van der Waals surface area contributed by atoms with Gasteiger partial charge in [-0.05, 0) is 33.6 Å². The first-order chi connectivity index (χ1) is 7.65. The molecule has 2 aromatic rings. The molecular weight excluding hydrogens is 272 g/mol. The highest BCUT2D eigenvalue weighted by Gasteiger charge is 2.01. The maximum atomic E-state index is 11.5. The van der Waals surface area contributed by atoms with Crippen LogP contribution in [0.2, 0.25) is 0 Å². The monoisotopic (exact) mass is 280 g/mol. The number of nitrogens with two attached hydrogens (primary N) is 1. The zero-order valence-electron chi connectivity index (χ0n) is 8.30. The van der Waals surface area contributed by atoms with Gasteiger partial charge in [-0.3, -0.25) is 9.78 Å². The second-order valence-corrected chi connectivity index (χ2v) is 4.18. The summed E-state index contributed by atoms with van der Waals surface area (Å²) in [5.74, 6) is 0.322. The number of hydrogen-bond acceptors (Lipinski definition) is 4. The summed E-state index contributed by atoms with van der Waals surface area (Å²) in [4.78, 5) is 15.5. The van der Waals surface area contributed by atoms with Gasteiger partial charge in [0.05, 0.1) is 6.54 Å². The molecule has 6 heteroatoms. The summed E-state index contributed by atoms with van der Waals surface area (Å²) in [6.45, 7) is 0.357. The molecule has 0 amide bonds. The zero-order chi connectivity index (χ0) is 11.5. The van der Waals surface area contributed by atoms with Crippen molar-refractivity contribution in [2.24, 2.45) is 0 Å². The van der Waals surface area contributed by atoms with E-state index in [0.717, 1.165) is 10.0 Å². The lowest BCUT2D eigenvalue weighted by Gasteiger charge is -2.04. The van der Waals surface area contributed by atoms with E-state index in [0.29, 0.717) is 12.4 Å². The van der Waals surface area contributed by atoms with Gasteiger partial charge < -0.3 is 5.73 Å². The summed E-state index contributed by atoms with van der Waals surface area (Å²) in [7, 11) is 0. The van der Waals surface area contributed by atoms with Crippen molar-refractivity contribution >= 4 is 21.7 Å². The summed E-state index contributed by atoms with van der Waals surface area (Å²) in [6, 6.07) is 4.76. The van der Waals surface area contributed by atoms with E-state index in [9.17, 15) is 4.79 Å². The van der Waals surface area contributed by atoms with Crippen molar-refractivity contribution in [2.75, 3.05) is 5.73 Å². The van der Waals surface area contributed by atoms with Gasteiger partial charge in [0.25, 0.3) is 5.56 Å². The lowest BCUT2D eigenvalue weighted by molar-refractivity contribution is 0.642. The quantitative estimate of drug-likeness (QED) is 0.892. The molecule has 0 aliphatic heterocycles. The molecule has 0 aromatic carbocycles. The minimum atomic E-state index is -0.186. The van der Waals surface area contributed by atoms with Crippen molar-refractivity contribution in [2.45, 2.75) is 6.54 Å². The molecule has 0 unspecified atom stereocenters. The Morgan fingerprint density at radius 1 is 1.38 bits per heavy atom. The summed E-state index contributed by atoms with van der Waals surface area (Å²) >= 11 is 3.31. The highest BCUT2D eigenvalue weighted by Crippen LogP contribution is 2.09. The summed E-state index contributed by atoms with van der Waals surface area (Å²) in [6.07, 6.45) is 3.36. The number of halogens is 1. The van der Waals surface area contributed by atoms with Gasteiger partial charge in [0.2, 0.25) is 0 Å². The van der Waals surface area contributed by atoms with Gasteiger partial charge >= 0.3 is 0 Å². The minimum Gasteiger partial charge on any atom is -0.382 e. The van der Waals surface area contributed by atoms with E-state index >= 15 is 0 Å². The second kappa shape index (κ2) is 4.44. The number of aromatic nitrogens is 3. The van der Waals surface area contributed by atoms with Gasteiger partial charge in [-0.15, -0.1) is 0 Å². The van der Waals surface area contributed by atoms with E-state index in [-0.39, 0.29) is 5.56 Å². The number of hydrogen-bond donors (Lipinski definition) is 1. The van der Waals surface area contributed by atoms with Crippen LogP contribution in [0.25, 0.3) is 0 Å². The molecular formula is C10H9BrN4O. The van der Waals surface area contributed by atoms with E-state index in [1.54, 1.807) is 12.4 Å². The third kappa shape index (κ3) is 2.46. The zero-order valence-corrected chi connectivity index (χ0v) is 9.89. The molecule has 0 aliphatic rings. The number of anilines is 1. The number of pyridine rings is 1. The SMILES string of the molecule is Nc1ccc(=O)n(Cc2cncc(Br)c2)n1. The molecule has 82 valence electrons. The summed E-state index contributed by atoms with van der Waals surface area (Å²) in [5, 5.41) is 3.94. The fourth-order valence-electron chi connectivity index (χ4n) is 1.29. The standard InChI is InChI=1S/C10H9BrN4O/c11-8-3-7(4-13-5-8)6-15-10(16)2-1-9(12)14-15/h1-5H,6H2,(H2,12,14). The van der Waals surface area contributed by atoms with Crippen molar-refractivity contribution in [3.05, 3.63) is 51.0 Å². The van der Waals surface area contributed by atoms with Crippen LogP contribution in [0.1, 0.15) is 5.56 Å². The molecule has 5 nitrogen and oxygen atoms in total. The number of nitrogens with zero attached hydrogens (tertiary/aromatic N) is 3. The van der Waals surface area contributed by atoms with Crippen LogP contribution in [0.4, 0.5) is 5.82 Å². The smallest absolute Gasteiger partial charge is 0.267 e. The summed E-state index contributed by atoms with van der Waals surface area (Å²) < 4.78 is 2.17. The maximum Gasteiger partial charge on any atom is 0.267 e. The highest BCUT2D eigenvalue weighted by molar-refractivity contribution is 9.10. The molecule has 2 heterocycles. The molecule has 0 bridgehead atoms. The minimum absolute atomic E-state index is 0.186. The Morgan fingerprint density at radius 2 is 2.19 bits per heavy atom. The summed E-state index contributed by atoms with van der Waals surface area (Å²) in [5.41, 5.74) is 6.21. The average Bonchev–Trinajstić information content (AvgIpc) is 2.24. The van der Waals surface area contributed by atoms with E-state index < -0.39 is 0 Å². The van der Waals surface area contributed by atoms with E-state index in [1.165, 1.54) is 16.8 Å². The van der Waals surface area contributed by atoms with Crippen LogP contribution in [0.3, 0.4) is 0 Å². The third-order valence-electron chi connectivity index (χ3n) is 1.98. The van der Waals surface area contributed by atoms with Crippen LogP contribution in [0, 0.1) is 0 Å². The Bertz CT molecular complexity index is 567. The predicted molar refractivity (Wildman–Crippen MR) is 63.9 cm³/mol. The Balaban J connectivity index is 2.34. The van der Waals surface area contributed by atoms with Crippen molar-refractivity contribution in [1.82, 2.24) is 14.8 Å². The van der Waals surface area contributed by atoms with E-state index in [2.05, 4.69) is 26.0 Å². The Kier molecular flexibility index (Phi) is 3.00. The van der Waals surface area contributed by atoms with Gasteiger partial charge in [0, 0.05) is 22.9 Å². The molecule has 0 aliphatic carbocycles. The molecule has 0 atom stereocenters. The first-order valence-corrected chi connectivity index (χ1v) is 5.37. The van der Waals surface area contributed by atoms with Gasteiger partial charge in [0.1, 0.15) is 5.82 Å². The van der Waals surface area contributed by atoms with Gasteiger partial charge in [0.15, 0.2) is 0 Å². The van der Waals surface area contributed by atoms with Crippen LogP contribution in [-0.4, -0.2) is 14.8 Å². The lowest BCUT2D eigenvalue weighted by atomic mass is 10.3. The molecule has 16 heavy (non-hydrogen) atoms. The highest BCUT2D eigenvalue weighted by atomic mass is 79.9. The molecule has 0 spiro atoms. The van der Waals surface area contributed by atoms with Crippen molar-refractivity contribution in [1.29, 1.82) is 0 Å². The molecule has 2 N–H and O–H groups in total. The molecule has 2 aromatic heterocycles. The Hall–Kier alpha value is -1.69. The third-order valence-corrected chi connectivity index (χ3v) is 2.41. The molecule has 0 fully saturated rings. The van der Waals surface area contributed by atoms with Crippen LogP contribution < -0.4 is 11.3 Å². The number of rotatable bonds is 2. The van der Waals surface area contributed by atoms with E-state index in [4.69, 9.17) is 5.73 Å².